The van der Waals surface area contributed by atoms with Gasteiger partial charge in [-0.2, -0.15) is 5.10 Å². The van der Waals surface area contributed by atoms with Crippen LogP contribution in [0.3, 0.4) is 0 Å². The molecule has 3 heterocycles. The van der Waals surface area contributed by atoms with E-state index < -0.39 is 0 Å². The summed E-state index contributed by atoms with van der Waals surface area (Å²) in [7, 11) is 1.54. The molecule has 0 spiro atoms. The Balaban J connectivity index is 1.58. The van der Waals surface area contributed by atoms with Crippen molar-refractivity contribution < 1.29 is 18.4 Å². The van der Waals surface area contributed by atoms with Crippen molar-refractivity contribution in [3.8, 4) is 17.2 Å². The Morgan fingerprint density at radius 3 is 2.90 bits per heavy atom. The van der Waals surface area contributed by atoms with E-state index in [1.807, 2.05) is 36.4 Å². The number of benzene rings is 2. The van der Waals surface area contributed by atoms with Crippen LogP contribution in [0.25, 0.3) is 33.3 Å². The topological polar surface area (TPSA) is 93.3 Å². The van der Waals surface area contributed by atoms with E-state index in [4.69, 9.17) is 13.6 Å². The Morgan fingerprint density at radius 1 is 1.21 bits per heavy atom. The molecule has 144 valence electrons. The molecule has 2 aromatic carbocycles. The third kappa shape index (κ3) is 2.93. The molecular weight excluding hydrogens is 370 g/mol. The van der Waals surface area contributed by atoms with Gasteiger partial charge in [0.2, 0.25) is 0 Å². The van der Waals surface area contributed by atoms with E-state index in [0.29, 0.717) is 34.7 Å². The molecule has 5 rings (SSSR count). The minimum Gasteiger partial charge on any atom is -0.495 e. The lowest BCUT2D eigenvalue weighted by Gasteiger charge is -2.10. The lowest BCUT2D eigenvalue weighted by Crippen LogP contribution is -2.23. The number of carbonyl (C=O) groups is 1. The minimum atomic E-state index is -0.248. The molecule has 1 amide bonds. The lowest BCUT2D eigenvalue weighted by molar-refractivity contribution is 0.0948. The van der Waals surface area contributed by atoms with Crippen molar-refractivity contribution in [2.24, 2.45) is 0 Å². The Hall–Kier alpha value is -4.00. The van der Waals surface area contributed by atoms with Crippen LogP contribution >= 0.6 is 0 Å². The maximum Gasteiger partial charge on any atom is 0.255 e. The van der Waals surface area contributed by atoms with Crippen molar-refractivity contribution in [3.05, 3.63) is 72.2 Å². The van der Waals surface area contributed by atoms with Crippen LogP contribution in [0.1, 0.15) is 15.9 Å². The highest BCUT2D eigenvalue weighted by Gasteiger charge is 2.22. The monoisotopic (exact) mass is 387 g/mol. The minimum absolute atomic E-state index is 0.248. The fraction of sp³-hybridized carbons (Fsp3) is 0.0909. The van der Waals surface area contributed by atoms with Crippen LogP contribution in [0, 0.1) is 0 Å². The number of H-pyrrole nitrogens is 1. The van der Waals surface area contributed by atoms with E-state index in [9.17, 15) is 4.79 Å². The normalized spacial score (nSPS) is 11.2. The van der Waals surface area contributed by atoms with Gasteiger partial charge >= 0.3 is 0 Å². The maximum atomic E-state index is 12.8. The summed E-state index contributed by atoms with van der Waals surface area (Å²) in [5.74, 6) is 0.796. The van der Waals surface area contributed by atoms with Gasteiger partial charge in [-0.1, -0.05) is 18.2 Å². The van der Waals surface area contributed by atoms with Crippen molar-refractivity contribution in [1.29, 1.82) is 0 Å². The Bertz CT molecular complexity index is 1280. The van der Waals surface area contributed by atoms with Crippen LogP contribution in [0.5, 0.6) is 5.75 Å². The Kier molecular flexibility index (Phi) is 4.05. The van der Waals surface area contributed by atoms with Crippen molar-refractivity contribution in [2.75, 3.05) is 7.11 Å². The number of amides is 1. The maximum absolute atomic E-state index is 12.8. The molecule has 29 heavy (non-hydrogen) atoms. The molecule has 0 radical (unpaired) electrons. The summed E-state index contributed by atoms with van der Waals surface area (Å²) in [5, 5.41) is 12.0. The number of aromatic nitrogens is 2. The fourth-order valence-corrected chi connectivity index (χ4v) is 3.42. The average molecular weight is 387 g/mol. The number of hydrogen-bond donors (Lipinski definition) is 2. The second-order valence-electron chi connectivity index (χ2n) is 6.60. The quantitative estimate of drug-likeness (QED) is 0.463. The highest BCUT2D eigenvalue weighted by atomic mass is 16.5. The number of furan rings is 2. The van der Waals surface area contributed by atoms with Crippen molar-refractivity contribution >= 4 is 27.8 Å². The number of hydrogen-bond acceptors (Lipinski definition) is 5. The van der Waals surface area contributed by atoms with E-state index >= 15 is 0 Å². The first-order chi connectivity index (χ1) is 14.2. The van der Waals surface area contributed by atoms with Crippen LogP contribution in [0.2, 0.25) is 0 Å². The van der Waals surface area contributed by atoms with E-state index in [1.165, 1.54) is 7.11 Å². The zero-order valence-electron chi connectivity index (χ0n) is 15.6. The molecular formula is C22H17N3O4. The molecule has 0 unspecified atom stereocenters. The number of methoxy groups -OCH3 is 1. The summed E-state index contributed by atoms with van der Waals surface area (Å²) < 4.78 is 16.6. The molecule has 0 atom stereocenters. The predicted octanol–water partition coefficient (Wildman–Crippen LogP) is 4.51. The van der Waals surface area contributed by atoms with Gasteiger partial charge < -0.3 is 18.9 Å². The molecule has 0 fully saturated rings. The third-order valence-corrected chi connectivity index (χ3v) is 4.82. The number of ether oxygens (including phenoxy) is 1. The van der Waals surface area contributed by atoms with Gasteiger partial charge in [-0.3, -0.25) is 9.89 Å². The summed E-state index contributed by atoms with van der Waals surface area (Å²) in [6.45, 7) is 0.359. The van der Waals surface area contributed by atoms with Crippen LogP contribution in [-0.4, -0.2) is 23.2 Å². The second-order valence-corrected chi connectivity index (χ2v) is 6.60. The summed E-state index contributed by atoms with van der Waals surface area (Å²) >= 11 is 0. The van der Waals surface area contributed by atoms with Crippen LogP contribution in [0.15, 0.2) is 69.9 Å². The van der Waals surface area contributed by atoms with Gasteiger partial charge in [-0.05, 0) is 30.3 Å². The smallest absolute Gasteiger partial charge is 0.255 e. The molecule has 2 N–H and O–H groups in total. The average Bonchev–Trinajstić information content (AvgIpc) is 3.49. The third-order valence-electron chi connectivity index (χ3n) is 4.82. The lowest BCUT2D eigenvalue weighted by atomic mass is 10.1. The summed E-state index contributed by atoms with van der Waals surface area (Å²) in [5.41, 5.74) is 3.42. The molecule has 3 aromatic heterocycles. The van der Waals surface area contributed by atoms with Crippen molar-refractivity contribution in [2.45, 2.75) is 6.54 Å². The molecule has 0 aliphatic carbocycles. The van der Waals surface area contributed by atoms with Gasteiger partial charge in [0.25, 0.3) is 5.91 Å². The van der Waals surface area contributed by atoms with E-state index in [-0.39, 0.29) is 5.91 Å². The largest absolute Gasteiger partial charge is 0.495 e. The number of nitrogens with zero attached hydrogens (tertiary/aromatic N) is 1. The number of para-hydroxylation sites is 1. The van der Waals surface area contributed by atoms with Crippen molar-refractivity contribution in [3.63, 3.8) is 0 Å². The first kappa shape index (κ1) is 17.1. The molecule has 0 bridgehead atoms. The van der Waals surface area contributed by atoms with Gasteiger partial charge in [0.1, 0.15) is 17.0 Å². The van der Waals surface area contributed by atoms with Gasteiger partial charge in [0.15, 0.2) is 5.76 Å². The molecule has 7 nitrogen and oxygen atoms in total. The molecule has 7 heteroatoms. The summed E-state index contributed by atoms with van der Waals surface area (Å²) in [6.07, 6.45) is 3.16. The number of fused-ring (bicyclic) bond motifs is 2. The molecule has 5 aromatic rings. The van der Waals surface area contributed by atoms with Crippen molar-refractivity contribution in [1.82, 2.24) is 15.5 Å². The second kappa shape index (κ2) is 6.87. The first-order valence-corrected chi connectivity index (χ1v) is 9.08. The Labute approximate surface area is 165 Å². The predicted molar refractivity (Wildman–Crippen MR) is 108 cm³/mol. The van der Waals surface area contributed by atoms with E-state index in [0.717, 1.165) is 22.0 Å². The van der Waals surface area contributed by atoms with Crippen LogP contribution in [0.4, 0.5) is 0 Å². The zero-order chi connectivity index (χ0) is 19.8. The molecule has 0 aliphatic heterocycles. The Morgan fingerprint density at radius 2 is 2.10 bits per heavy atom. The summed E-state index contributed by atoms with van der Waals surface area (Å²) in [4.78, 5) is 12.8. The number of carbonyl (C=O) groups excluding carboxylic acids is 1. The standard InChI is InChI=1S/C22H17N3O4/c1-27-21-15(22(26)23-11-13-8-9-28-12-13)6-7-16-19(21)20(25-24-16)18-10-14-4-2-3-5-17(14)29-18/h2-10,12H,11H2,1H3,(H,23,26)(H,24,25). The highest BCUT2D eigenvalue weighted by molar-refractivity contribution is 6.07. The molecule has 0 saturated heterocycles. The number of rotatable bonds is 5. The van der Waals surface area contributed by atoms with E-state index in [2.05, 4.69) is 15.5 Å². The number of nitrogens with one attached hydrogen (secondary N) is 2. The van der Waals surface area contributed by atoms with Gasteiger partial charge in [-0.25, -0.2) is 0 Å². The van der Waals surface area contributed by atoms with Crippen LogP contribution < -0.4 is 10.1 Å². The molecule has 0 aliphatic rings. The SMILES string of the molecule is COc1c(C(=O)NCc2ccoc2)ccc2[nH]nc(-c3cc4ccccc4o3)c12. The fourth-order valence-electron chi connectivity index (χ4n) is 3.42. The molecule has 0 saturated carbocycles. The van der Waals surface area contributed by atoms with Crippen LogP contribution in [-0.2, 0) is 6.54 Å². The van der Waals surface area contributed by atoms with E-state index in [1.54, 1.807) is 24.7 Å². The van der Waals surface area contributed by atoms with Gasteiger partial charge in [-0.15, -0.1) is 0 Å². The first-order valence-electron chi connectivity index (χ1n) is 9.08. The zero-order valence-corrected chi connectivity index (χ0v) is 15.6. The summed E-state index contributed by atoms with van der Waals surface area (Å²) in [6, 6.07) is 15.0. The van der Waals surface area contributed by atoms with Gasteiger partial charge in [0.05, 0.1) is 36.1 Å². The van der Waals surface area contributed by atoms with Gasteiger partial charge in [0, 0.05) is 17.5 Å². The highest BCUT2D eigenvalue weighted by Crippen LogP contribution is 2.38. The number of aromatic amines is 1.